The van der Waals surface area contributed by atoms with E-state index >= 15 is 0 Å². The highest BCUT2D eigenvalue weighted by Crippen LogP contribution is 2.09. The van der Waals surface area contributed by atoms with Crippen molar-refractivity contribution in [1.29, 1.82) is 0 Å². The Balaban J connectivity index is 2.52. The van der Waals surface area contributed by atoms with E-state index < -0.39 is 17.8 Å². The molecule has 26 heavy (non-hydrogen) atoms. The van der Waals surface area contributed by atoms with Crippen LogP contribution in [-0.4, -0.2) is 51.1 Å². The van der Waals surface area contributed by atoms with E-state index in [9.17, 15) is 18.8 Å². The highest BCUT2D eigenvalue weighted by Gasteiger charge is 2.27. The van der Waals surface area contributed by atoms with Crippen LogP contribution in [0, 0.1) is 11.7 Å². The van der Waals surface area contributed by atoms with Crippen LogP contribution in [0.1, 0.15) is 20.3 Å². The second kappa shape index (κ2) is 10.5. The Kier molecular flexibility index (Phi) is 8.71. The monoisotopic (exact) mass is 368 g/mol. The first kappa shape index (κ1) is 21.6. The topological polar surface area (TPSA) is 88.9 Å². The van der Waals surface area contributed by atoms with Gasteiger partial charge in [0.05, 0.1) is 14.2 Å². The second-order valence-corrected chi connectivity index (χ2v) is 6.32. The molecule has 7 nitrogen and oxygen atoms in total. The number of esters is 1. The molecule has 0 bridgehead atoms. The molecule has 1 rings (SSSR count). The summed E-state index contributed by atoms with van der Waals surface area (Å²) in [6, 6.07) is 4.86. The van der Waals surface area contributed by atoms with Gasteiger partial charge in [-0.15, -0.1) is 0 Å². The first-order valence-corrected chi connectivity index (χ1v) is 8.50. The van der Waals surface area contributed by atoms with Gasteiger partial charge in [0.2, 0.25) is 0 Å². The summed E-state index contributed by atoms with van der Waals surface area (Å²) in [6.45, 7) is 3.81. The molecule has 0 aromatic heterocycles. The number of methoxy groups -OCH3 is 1. The molecule has 0 spiro atoms. The van der Waals surface area contributed by atoms with Crippen LogP contribution >= 0.6 is 0 Å². The third kappa shape index (κ3) is 7.18. The molecule has 0 aliphatic carbocycles. The van der Waals surface area contributed by atoms with Crippen LogP contribution in [0.25, 0.3) is 0 Å². The van der Waals surface area contributed by atoms with Crippen molar-refractivity contribution in [3.05, 3.63) is 30.1 Å². The van der Waals surface area contributed by atoms with E-state index in [-0.39, 0.29) is 30.8 Å². The molecule has 1 aromatic carbocycles. The summed E-state index contributed by atoms with van der Waals surface area (Å²) >= 11 is 0. The zero-order valence-corrected chi connectivity index (χ0v) is 15.6. The first-order valence-electron chi connectivity index (χ1n) is 8.50. The number of ether oxygens (including phenoxy) is 1. The minimum absolute atomic E-state index is 0.0144. The number of hydrogen-bond donors (Lipinski definition) is 3. The average molecular weight is 368 g/mol. The summed E-state index contributed by atoms with van der Waals surface area (Å²) < 4.78 is 17.8. The van der Waals surface area contributed by atoms with Gasteiger partial charge < -0.3 is 20.3 Å². The highest BCUT2D eigenvalue weighted by atomic mass is 19.1. The number of nitrogens with one attached hydrogen (secondary N) is 3. The summed E-state index contributed by atoms with van der Waals surface area (Å²) in [7, 11) is 2.96. The van der Waals surface area contributed by atoms with E-state index in [0.29, 0.717) is 17.0 Å². The standard InChI is InChI=1S/C18H26FN3O4/c1-5-12(2)17(18(25)26-4)21-16(24)11-22(3)10-15(23)20-14-8-6-7-13(19)9-14/h6-9,12,17H,5,10-11H2,1-4H3,(H,20,23)(H,21,24)/p+1/t12-,17-/m0/s1. The van der Waals surface area contributed by atoms with Gasteiger partial charge in [-0.1, -0.05) is 26.3 Å². The van der Waals surface area contributed by atoms with Gasteiger partial charge in [-0.3, -0.25) is 9.59 Å². The van der Waals surface area contributed by atoms with Crippen molar-refractivity contribution in [1.82, 2.24) is 5.32 Å². The van der Waals surface area contributed by atoms with Crippen LogP contribution in [-0.2, 0) is 19.1 Å². The molecule has 0 saturated heterocycles. The van der Waals surface area contributed by atoms with Crippen molar-refractivity contribution < 1.29 is 28.4 Å². The molecular weight excluding hydrogens is 341 g/mol. The molecule has 0 aliphatic rings. The Morgan fingerprint density at radius 3 is 2.46 bits per heavy atom. The quantitative estimate of drug-likeness (QED) is 0.535. The SMILES string of the molecule is CC[C@H](C)[C@H](NC(=O)C[NH+](C)CC(=O)Nc1cccc(F)c1)C(=O)OC. The van der Waals surface area contributed by atoms with E-state index in [0.717, 1.165) is 0 Å². The van der Waals surface area contributed by atoms with Crippen LogP contribution in [0.5, 0.6) is 0 Å². The van der Waals surface area contributed by atoms with Crippen molar-refractivity contribution in [2.45, 2.75) is 26.3 Å². The third-order valence-corrected chi connectivity index (χ3v) is 4.02. The molecule has 0 saturated carbocycles. The van der Waals surface area contributed by atoms with Gasteiger partial charge in [0.15, 0.2) is 13.1 Å². The van der Waals surface area contributed by atoms with Gasteiger partial charge in [-0.25, -0.2) is 9.18 Å². The smallest absolute Gasteiger partial charge is 0.328 e. The van der Waals surface area contributed by atoms with Crippen molar-refractivity contribution in [3.63, 3.8) is 0 Å². The highest BCUT2D eigenvalue weighted by molar-refractivity contribution is 5.91. The van der Waals surface area contributed by atoms with Gasteiger partial charge in [0.1, 0.15) is 11.9 Å². The maximum absolute atomic E-state index is 13.1. The predicted molar refractivity (Wildman–Crippen MR) is 95.1 cm³/mol. The van der Waals surface area contributed by atoms with Crippen molar-refractivity contribution in [2.24, 2.45) is 5.92 Å². The van der Waals surface area contributed by atoms with Crippen LogP contribution in [0.2, 0.25) is 0 Å². The molecule has 2 amide bonds. The van der Waals surface area contributed by atoms with Crippen LogP contribution in [0.15, 0.2) is 24.3 Å². The fourth-order valence-electron chi connectivity index (χ4n) is 2.40. The Morgan fingerprint density at radius 1 is 1.23 bits per heavy atom. The summed E-state index contributed by atoms with van der Waals surface area (Å²) in [4.78, 5) is 36.6. The normalized spacial score (nSPS) is 14.0. The summed E-state index contributed by atoms with van der Waals surface area (Å²) in [5.74, 6) is -1.69. The molecular formula is C18H27FN3O4+. The molecule has 0 aliphatic heterocycles. The predicted octanol–water partition coefficient (Wildman–Crippen LogP) is -0.0172. The van der Waals surface area contributed by atoms with Gasteiger partial charge >= 0.3 is 5.97 Å². The molecule has 8 heteroatoms. The average Bonchev–Trinajstić information content (AvgIpc) is 2.57. The molecule has 0 heterocycles. The number of quaternary nitrogens is 1. The fourth-order valence-corrected chi connectivity index (χ4v) is 2.40. The molecule has 0 radical (unpaired) electrons. The van der Waals surface area contributed by atoms with E-state index in [1.165, 1.54) is 25.3 Å². The van der Waals surface area contributed by atoms with Gasteiger partial charge in [0.25, 0.3) is 11.8 Å². The first-order chi connectivity index (χ1) is 12.3. The van der Waals surface area contributed by atoms with Crippen molar-refractivity contribution in [2.75, 3.05) is 32.6 Å². The van der Waals surface area contributed by atoms with Crippen molar-refractivity contribution >= 4 is 23.5 Å². The zero-order chi connectivity index (χ0) is 19.7. The number of amides is 2. The van der Waals surface area contributed by atoms with Crippen LogP contribution in [0.4, 0.5) is 10.1 Å². The number of carbonyl (C=O) groups excluding carboxylic acids is 3. The molecule has 1 unspecified atom stereocenters. The number of benzene rings is 1. The van der Waals surface area contributed by atoms with Crippen molar-refractivity contribution in [3.8, 4) is 0 Å². The Bertz CT molecular complexity index is 639. The number of anilines is 1. The molecule has 1 aromatic rings. The fraction of sp³-hybridized carbons (Fsp3) is 0.500. The zero-order valence-electron chi connectivity index (χ0n) is 15.6. The van der Waals surface area contributed by atoms with E-state index in [4.69, 9.17) is 4.74 Å². The number of halogens is 1. The Labute approximate surface area is 152 Å². The van der Waals surface area contributed by atoms with Crippen LogP contribution in [0.3, 0.4) is 0 Å². The maximum Gasteiger partial charge on any atom is 0.328 e. The lowest BCUT2D eigenvalue weighted by Gasteiger charge is -2.22. The number of carbonyl (C=O) groups is 3. The largest absolute Gasteiger partial charge is 0.467 e. The molecule has 3 atom stereocenters. The summed E-state index contributed by atoms with van der Waals surface area (Å²) in [5.41, 5.74) is 0.356. The lowest BCUT2D eigenvalue weighted by atomic mass is 9.99. The Morgan fingerprint density at radius 2 is 1.88 bits per heavy atom. The number of hydrogen-bond acceptors (Lipinski definition) is 4. The second-order valence-electron chi connectivity index (χ2n) is 6.32. The van der Waals surface area contributed by atoms with Gasteiger partial charge in [-0.05, 0) is 24.1 Å². The third-order valence-electron chi connectivity index (χ3n) is 4.02. The minimum Gasteiger partial charge on any atom is -0.467 e. The van der Waals surface area contributed by atoms with E-state index in [1.807, 2.05) is 13.8 Å². The van der Waals surface area contributed by atoms with Crippen LogP contribution < -0.4 is 15.5 Å². The molecule has 144 valence electrons. The van der Waals surface area contributed by atoms with E-state index in [2.05, 4.69) is 10.6 Å². The number of rotatable bonds is 9. The van der Waals surface area contributed by atoms with E-state index in [1.54, 1.807) is 13.1 Å². The van der Waals surface area contributed by atoms with Gasteiger partial charge in [-0.2, -0.15) is 0 Å². The lowest BCUT2D eigenvalue weighted by molar-refractivity contribution is -0.862. The maximum atomic E-state index is 13.1. The minimum atomic E-state index is -0.716. The molecule has 3 N–H and O–H groups in total. The Hall–Kier alpha value is -2.48. The lowest BCUT2D eigenvalue weighted by Crippen LogP contribution is -3.11. The summed E-state index contributed by atoms with van der Waals surface area (Å²) in [5, 5.41) is 5.24. The summed E-state index contributed by atoms with van der Waals surface area (Å²) in [6.07, 6.45) is 0.707. The van der Waals surface area contributed by atoms with Gasteiger partial charge in [0, 0.05) is 5.69 Å². The number of likely N-dealkylation sites (N-methyl/N-ethyl adjacent to an activating group) is 1. The molecule has 0 fully saturated rings.